The fourth-order valence-corrected chi connectivity index (χ4v) is 3.03. The van der Waals surface area contributed by atoms with Gasteiger partial charge in [0.05, 0.1) is 31.6 Å². The number of carbonyl (C=O) groups excluding carboxylic acids is 2. The summed E-state index contributed by atoms with van der Waals surface area (Å²) >= 11 is 3.33. The molecule has 3 rings (SSSR count). The van der Waals surface area contributed by atoms with Crippen LogP contribution in [0, 0.1) is 0 Å². The minimum absolute atomic E-state index is 0.274. The number of hydrogen-bond acceptors (Lipinski definition) is 6. The van der Waals surface area contributed by atoms with Gasteiger partial charge in [-0.1, -0.05) is 34.1 Å². The molecule has 3 aromatic carbocycles. The van der Waals surface area contributed by atoms with Crippen LogP contribution in [0.4, 0.5) is 0 Å². The first-order chi connectivity index (χ1) is 15.0. The van der Waals surface area contributed by atoms with Crippen molar-refractivity contribution in [2.75, 3.05) is 14.2 Å². The van der Waals surface area contributed by atoms with Gasteiger partial charge in [0.2, 0.25) is 0 Å². The van der Waals surface area contributed by atoms with Crippen LogP contribution in [0.25, 0.3) is 0 Å². The van der Waals surface area contributed by atoms with Crippen LogP contribution < -0.4 is 19.6 Å². The van der Waals surface area contributed by atoms with Crippen LogP contribution in [0.3, 0.4) is 0 Å². The summed E-state index contributed by atoms with van der Waals surface area (Å²) in [6.07, 6.45) is 1.45. The number of ether oxygens (including phenoxy) is 3. The fraction of sp³-hybridized carbons (Fsp3) is 0.0870. The van der Waals surface area contributed by atoms with Crippen molar-refractivity contribution in [1.82, 2.24) is 5.43 Å². The van der Waals surface area contributed by atoms with Crippen LogP contribution in [0.15, 0.2) is 76.3 Å². The normalized spacial score (nSPS) is 10.5. The molecule has 0 unspecified atom stereocenters. The smallest absolute Gasteiger partial charge is 0.343 e. The molecule has 0 aromatic heterocycles. The average molecular weight is 483 g/mol. The summed E-state index contributed by atoms with van der Waals surface area (Å²) in [6.45, 7) is 0. The highest BCUT2D eigenvalue weighted by atomic mass is 79.9. The second-order valence-electron chi connectivity index (χ2n) is 6.21. The number of methoxy groups -OCH3 is 2. The highest BCUT2D eigenvalue weighted by Gasteiger charge is 2.13. The maximum atomic E-state index is 12.4. The maximum Gasteiger partial charge on any atom is 0.343 e. The number of rotatable bonds is 7. The van der Waals surface area contributed by atoms with Crippen molar-refractivity contribution in [2.45, 2.75) is 0 Å². The molecular formula is C23H19BrN2O5. The Morgan fingerprint density at radius 3 is 2.32 bits per heavy atom. The lowest BCUT2D eigenvalue weighted by Gasteiger charge is -2.10. The second-order valence-corrected chi connectivity index (χ2v) is 7.13. The molecule has 3 aromatic rings. The number of carbonyl (C=O) groups is 2. The molecule has 158 valence electrons. The van der Waals surface area contributed by atoms with E-state index in [0.717, 1.165) is 4.47 Å². The van der Waals surface area contributed by atoms with Gasteiger partial charge in [0.15, 0.2) is 11.5 Å². The quantitative estimate of drug-likeness (QED) is 0.232. The molecule has 0 radical (unpaired) electrons. The number of esters is 1. The third kappa shape index (κ3) is 5.70. The van der Waals surface area contributed by atoms with Crippen molar-refractivity contribution < 1.29 is 23.8 Å². The summed E-state index contributed by atoms with van der Waals surface area (Å²) in [7, 11) is 2.96. The van der Waals surface area contributed by atoms with Gasteiger partial charge in [-0.25, -0.2) is 10.2 Å². The van der Waals surface area contributed by atoms with E-state index in [1.807, 2.05) is 6.07 Å². The van der Waals surface area contributed by atoms with Crippen LogP contribution in [0.5, 0.6) is 17.2 Å². The van der Waals surface area contributed by atoms with Gasteiger partial charge >= 0.3 is 5.97 Å². The van der Waals surface area contributed by atoms with E-state index in [4.69, 9.17) is 14.2 Å². The SMILES string of the molecule is COc1cc(C=NNC(=O)c2cc(Br)ccc2OC)ccc1OC(=O)c1ccccc1. The number of benzene rings is 3. The Hall–Kier alpha value is -3.65. The first kappa shape index (κ1) is 22.0. The Bertz CT molecular complexity index is 1120. The Labute approximate surface area is 187 Å². The zero-order valence-corrected chi connectivity index (χ0v) is 18.4. The fourth-order valence-electron chi connectivity index (χ4n) is 2.67. The topological polar surface area (TPSA) is 86.2 Å². The van der Waals surface area contributed by atoms with Gasteiger partial charge < -0.3 is 14.2 Å². The second kappa shape index (κ2) is 10.4. The van der Waals surface area contributed by atoms with Crippen molar-refractivity contribution in [3.63, 3.8) is 0 Å². The summed E-state index contributed by atoms with van der Waals surface area (Å²) in [4.78, 5) is 24.7. The minimum atomic E-state index is -0.490. The van der Waals surface area contributed by atoms with Crippen LogP contribution in [0.1, 0.15) is 26.3 Å². The van der Waals surface area contributed by atoms with Crippen molar-refractivity contribution >= 4 is 34.0 Å². The van der Waals surface area contributed by atoms with E-state index in [0.29, 0.717) is 28.2 Å². The molecule has 0 heterocycles. The largest absolute Gasteiger partial charge is 0.496 e. The van der Waals surface area contributed by atoms with Gasteiger partial charge in [-0.3, -0.25) is 4.79 Å². The van der Waals surface area contributed by atoms with Gasteiger partial charge in [-0.05, 0) is 54.1 Å². The minimum Gasteiger partial charge on any atom is -0.496 e. The number of nitrogens with one attached hydrogen (secondary N) is 1. The van der Waals surface area contributed by atoms with Crippen molar-refractivity contribution in [3.8, 4) is 17.2 Å². The number of hydrogen-bond donors (Lipinski definition) is 1. The molecule has 0 atom stereocenters. The van der Waals surface area contributed by atoms with E-state index in [1.54, 1.807) is 60.7 Å². The predicted molar refractivity (Wildman–Crippen MR) is 120 cm³/mol. The third-order valence-electron chi connectivity index (χ3n) is 4.19. The number of halogens is 1. The van der Waals surface area contributed by atoms with E-state index in [1.165, 1.54) is 20.4 Å². The molecule has 0 aliphatic rings. The summed E-state index contributed by atoms with van der Waals surface area (Å²) < 4.78 is 16.7. The standard InChI is InChI=1S/C23H19BrN2O5/c1-29-19-11-9-17(24)13-18(19)22(27)26-25-14-15-8-10-20(21(12-15)30-2)31-23(28)16-6-4-3-5-7-16/h3-14H,1-2H3,(H,26,27). The molecule has 1 amide bonds. The first-order valence-corrected chi connectivity index (χ1v) is 9.93. The summed E-state index contributed by atoms with van der Waals surface area (Å²) in [5, 5.41) is 3.98. The molecule has 0 aliphatic heterocycles. The number of nitrogens with zero attached hydrogens (tertiary/aromatic N) is 1. The summed E-state index contributed by atoms with van der Waals surface area (Å²) in [5.74, 6) is 0.150. The Balaban J connectivity index is 1.70. The molecule has 7 nitrogen and oxygen atoms in total. The van der Waals surface area contributed by atoms with E-state index in [2.05, 4.69) is 26.5 Å². The van der Waals surface area contributed by atoms with Crippen LogP contribution >= 0.6 is 15.9 Å². The molecule has 31 heavy (non-hydrogen) atoms. The van der Waals surface area contributed by atoms with Crippen molar-refractivity contribution in [1.29, 1.82) is 0 Å². The van der Waals surface area contributed by atoms with Crippen LogP contribution in [0.2, 0.25) is 0 Å². The molecule has 0 saturated carbocycles. The Morgan fingerprint density at radius 1 is 0.903 bits per heavy atom. The van der Waals surface area contributed by atoms with E-state index in [-0.39, 0.29) is 5.75 Å². The Kier molecular flexibility index (Phi) is 7.40. The molecule has 0 fully saturated rings. The van der Waals surface area contributed by atoms with Crippen molar-refractivity contribution in [3.05, 3.63) is 87.9 Å². The lowest BCUT2D eigenvalue weighted by molar-refractivity contribution is 0.0729. The van der Waals surface area contributed by atoms with Gasteiger partial charge in [0, 0.05) is 4.47 Å². The van der Waals surface area contributed by atoms with Gasteiger partial charge in [0.25, 0.3) is 5.91 Å². The van der Waals surface area contributed by atoms with E-state index < -0.39 is 11.9 Å². The molecule has 1 N–H and O–H groups in total. The van der Waals surface area contributed by atoms with Crippen LogP contribution in [-0.2, 0) is 0 Å². The maximum absolute atomic E-state index is 12.4. The van der Waals surface area contributed by atoms with Crippen molar-refractivity contribution in [2.24, 2.45) is 5.10 Å². The molecule has 8 heteroatoms. The highest BCUT2D eigenvalue weighted by Crippen LogP contribution is 2.28. The molecule has 0 spiro atoms. The molecule has 0 aliphatic carbocycles. The predicted octanol–water partition coefficient (Wildman–Crippen LogP) is 4.45. The highest BCUT2D eigenvalue weighted by molar-refractivity contribution is 9.10. The van der Waals surface area contributed by atoms with E-state index in [9.17, 15) is 9.59 Å². The lowest BCUT2D eigenvalue weighted by Crippen LogP contribution is -2.18. The number of amides is 1. The molecule has 0 saturated heterocycles. The van der Waals surface area contributed by atoms with Gasteiger partial charge in [-0.2, -0.15) is 5.10 Å². The summed E-state index contributed by atoms with van der Waals surface area (Å²) in [5.41, 5.74) is 3.87. The molecule has 0 bridgehead atoms. The number of hydrazone groups is 1. The van der Waals surface area contributed by atoms with Gasteiger partial charge in [0.1, 0.15) is 5.75 Å². The summed E-state index contributed by atoms with van der Waals surface area (Å²) in [6, 6.07) is 18.7. The first-order valence-electron chi connectivity index (χ1n) is 9.14. The third-order valence-corrected chi connectivity index (χ3v) is 4.68. The lowest BCUT2D eigenvalue weighted by atomic mass is 10.2. The van der Waals surface area contributed by atoms with E-state index >= 15 is 0 Å². The van der Waals surface area contributed by atoms with Gasteiger partial charge in [-0.15, -0.1) is 0 Å². The average Bonchev–Trinajstić information content (AvgIpc) is 2.80. The van der Waals surface area contributed by atoms with Crippen LogP contribution in [-0.4, -0.2) is 32.3 Å². The Morgan fingerprint density at radius 2 is 1.61 bits per heavy atom. The zero-order valence-electron chi connectivity index (χ0n) is 16.8. The zero-order chi connectivity index (χ0) is 22.2. The molecular weight excluding hydrogens is 464 g/mol. The monoisotopic (exact) mass is 482 g/mol.